The maximum absolute atomic E-state index is 13.8. The minimum absolute atomic E-state index is 0.0567. The molecule has 0 aromatic heterocycles. The molecule has 0 bridgehead atoms. The van der Waals surface area contributed by atoms with Gasteiger partial charge in [0.25, 0.3) is 0 Å². The fraction of sp³-hybridized carbons (Fsp3) is 0.400. The molecule has 0 radical (unpaired) electrons. The molecule has 2 aliphatic heterocycles. The first kappa shape index (κ1) is 26.3. The molecule has 36 heavy (non-hydrogen) atoms. The Kier molecular flexibility index (Phi) is 7.82. The first-order chi connectivity index (χ1) is 17.1. The van der Waals surface area contributed by atoms with Gasteiger partial charge in [-0.25, -0.2) is 8.42 Å². The monoisotopic (exact) mass is 576 g/mol. The molecular weight excluding hydrogens is 548 g/mol. The summed E-state index contributed by atoms with van der Waals surface area (Å²) in [5.74, 6) is -1.08. The van der Waals surface area contributed by atoms with Crippen molar-refractivity contribution in [2.45, 2.75) is 44.4 Å². The van der Waals surface area contributed by atoms with Crippen LogP contribution in [0.25, 0.3) is 0 Å². The van der Waals surface area contributed by atoms with E-state index in [1.807, 2.05) is 6.07 Å². The molecule has 1 saturated heterocycles. The summed E-state index contributed by atoms with van der Waals surface area (Å²) in [5, 5.41) is 5.52. The Bertz CT molecular complexity index is 1300. The van der Waals surface area contributed by atoms with Gasteiger partial charge in [-0.3, -0.25) is 14.4 Å². The normalized spacial score (nSPS) is 18.0. The van der Waals surface area contributed by atoms with Crippen molar-refractivity contribution in [3.05, 3.63) is 46.4 Å². The fourth-order valence-electron chi connectivity index (χ4n) is 4.70. The fourth-order valence-corrected chi connectivity index (χ4v) is 7.15. The van der Waals surface area contributed by atoms with Gasteiger partial charge in [-0.05, 0) is 61.2 Å². The zero-order valence-electron chi connectivity index (χ0n) is 20.2. The molecule has 0 unspecified atom stereocenters. The second-order valence-electron chi connectivity index (χ2n) is 9.01. The molecule has 1 fully saturated rings. The molecule has 2 aromatic carbocycles. The molecule has 2 N–H and O–H groups in total. The number of hydrogen-bond acceptors (Lipinski definition) is 5. The molecule has 11 heteroatoms. The summed E-state index contributed by atoms with van der Waals surface area (Å²) in [5.41, 5.74) is 2.45. The lowest BCUT2D eigenvalue weighted by molar-refractivity contribution is -0.121. The van der Waals surface area contributed by atoms with Gasteiger partial charge in [-0.1, -0.05) is 22.9 Å². The average Bonchev–Trinajstić information content (AvgIpc) is 3.27. The number of benzene rings is 2. The van der Waals surface area contributed by atoms with E-state index in [1.54, 1.807) is 42.2 Å². The first-order valence-corrected chi connectivity index (χ1v) is 14.1. The summed E-state index contributed by atoms with van der Waals surface area (Å²) in [6.45, 7) is 3.99. The Balaban J connectivity index is 1.53. The lowest BCUT2D eigenvalue weighted by Gasteiger charge is -2.32. The molecule has 0 saturated carbocycles. The van der Waals surface area contributed by atoms with Crippen LogP contribution >= 0.6 is 15.9 Å². The largest absolute Gasteiger partial charge is 0.326 e. The predicted octanol–water partition coefficient (Wildman–Crippen LogP) is 3.75. The average molecular weight is 578 g/mol. The van der Waals surface area contributed by atoms with E-state index in [1.165, 1.54) is 11.2 Å². The summed E-state index contributed by atoms with van der Waals surface area (Å²) >= 11 is 3.42. The minimum atomic E-state index is -3.95. The van der Waals surface area contributed by atoms with Gasteiger partial charge in [0.05, 0.1) is 11.6 Å². The Morgan fingerprint density at radius 3 is 2.36 bits per heavy atom. The highest BCUT2D eigenvalue weighted by atomic mass is 79.9. The van der Waals surface area contributed by atoms with Gasteiger partial charge in [0, 0.05) is 48.8 Å². The van der Waals surface area contributed by atoms with Gasteiger partial charge in [-0.2, -0.15) is 4.31 Å². The quantitative estimate of drug-likeness (QED) is 0.543. The van der Waals surface area contributed by atoms with Crippen LogP contribution in [0, 0.1) is 5.92 Å². The molecule has 192 valence electrons. The molecule has 2 aliphatic rings. The smallest absolute Gasteiger partial charge is 0.245 e. The van der Waals surface area contributed by atoms with Crippen LogP contribution in [0.5, 0.6) is 0 Å². The van der Waals surface area contributed by atoms with E-state index in [4.69, 9.17) is 0 Å². The molecule has 4 rings (SSSR count). The topological polar surface area (TPSA) is 116 Å². The summed E-state index contributed by atoms with van der Waals surface area (Å²) in [7, 11) is -3.95. The minimum Gasteiger partial charge on any atom is -0.326 e. The number of carbonyl (C=O) groups is 3. The summed E-state index contributed by atoms with van der Waals surface area (Å²) in [4.78, 5) is 38.4. The third kappa shape index (κ3) is 5.47. The number of piperidine rings is 1. The molecular formula is C25H29BrN4O5S. The third-order valence-electron chi connectivity index (χ3n) is 6.44. The molecule has 2 aromatic rings. The van der Waals surface area contributed by atoms with E-state index in [0.29, 0.717) is 53.9 Å². The van der Waals surface area contributed by atoms with Crippen molar-refractivity contribution in [3.63, 3.8) is 0 Å². The number of rotatable bonds is 6. The number of hydrogen-bond donors (Lipinski definition) is 2. The number of nitrogens with one attached hydrogen (secondary N) is 2. The van der Waals surface area contributed by atoms with Gasteiger partial charge in [0.15, 0.2) is 0 Å². The standard InChI is InChI=1S/C25H29BrN4O5S/c1-3-23(32)30-12-10-17-13-19(26)14-22(24(17)30)36(34,35)29-11-4-5-18(15-29)25(33)28-21-8-6-20(7-9-21)27-16(2)31/h6-9,13-14,18H,3-5,10-12,15H2,1-2H3,(H,27,31)(H,28,33)/t18-/m0/s1. The molecule has 0 spiro atoms. The molecule has 1 atom stereocenters. The Morgan fingerprint density at radius 1 is 1.06 bits per heavy atom. The highest BCUT2D eigenvalue weighted by molar-refractivity contribution is 9.10. The summed E-state index contributed by atoms with van der Waals surface area (Å²) in [6, 6.07) is 10.2. The number of amides is 3. The molecule has 9 nitrogen and oxygen atoms in total. The van der Waals surface area contributed by atoms with E-state index in [2.05, 4.69) is 26.6 Å². The maximum atomic E-state index is 13.8. The van der Waals surface area contributed by atoms with Crippen LogP contribution in [-0.2, 0) is 30.8 Å². The molecule has 2 heterocycles. The second-order valence-corrected chi connectivity index (χ2v) is 11.8. The number of anilines is 3. The van der Waals surface area contributed by atoms with Crippen LogP contribution in [0.4, 0.5) is 17.1 Å². The van der Waals surface area contributed by atoms with Gasteiger partial charge >= 0.3 is 0 Å². The van der Waals surface area contributed by atoms with E-state index >= 15 is 0 Å². The maximum Gasteiger partial charge on any atom is 0.245 e. The van der Waals surface area contributed by atoms with Crippen molar-refractivity contribution in [1.82, 2.24) is 4.31 Å². The zero-order valence-corrected chi connectivity index (χ0v) is 22.6. The molecule has 3 amide bonds. The summed E-state index contributed by atoms with van der Waals surface area (Å²) in [6.07, 6.45) is 1.99. The van der Waals surface area contributed by atoms with Crippen LogP contribution in [0.3, 0.4) is 0 Å². The van der Waals surface area contributed by atoms with Crippen LogP contribution in [-0.4, -0.2) is 50.1 Å². The van der Waals surface area contributed by atoms with Crippen molar-refractivity contribution in [2.24, 2.45) is 5.92 Å². The van der Waals surface area contributed by atoms with Crippen LogP contribution < -0.4 is 15.5 Å². The van der Waals surface area contributed by atoms with Crippen LogP contribution in [0.2, 0.25) is 0 Å². The van der Waals surface area contributed by atoms with E-state index < -0.39 is 15.9 Å². The van der Waals surface area contributed by atoms with Crippen molar-refractivity contribution in [1.29, 1.82) is 0 Å². The lowest BCUT2D eigenvalue weighted by atomic mass is 9.98. The lowest BCUT2D eigenvalue weighted by Crippen LogP contribution is -2.44. The van der Waals surface area contributed by atoms with Crippen molar-refractivity contribution < 1.29 is 22.8 Å². The van der Waals surface area contributed by atoms with Gasteiger partial charge < -0.3 is 15.5 Å². The van der Waals surface area contributed by atoms with Gasteiger partial charge in [0.2, 0.25) is 27.7 Å². The first-order valence-electron chi connectivity index (χ1n) is 11.9. The second kappa shape index (κ2) is 10.7. The van der Waals surface area contributed by atoms with E-state index in [9.17, 15) is 22.8 Å². The Hall–Kier alpha value is -2.76. The van der Waals surface area contributed by atoms with E-state index in [0.717, 1.165) is 5.56 Å². The zero-order chi connectivity index (χ0) is 26.0. The van der Waals surface area contributed by atoms with Crippen LogP contribution in [0.1, 0.15) is 38.7 Å². The van der Waals surface area contributed by atoms with Crippen molar-refractivity contribution in [3.8, 4) is 0 Å². The Labute approximate surface area is 219 Å². The predicted molar refractivity (Wildman–Crippen MR) is 141 cm³/mol. The number of carbonyl (C=O) groups excluding carboxylic acids is 3. The molecule has 0 aliphatic carbocycles. The highest BCUT2D eigenvalue weighted by Gasteiger charge is 2.38. The summed E-state index contributed by atoms with van der Waals surface area (Å²) < 4.78 is 29.6. The number of nitrogens with zero attached hydrogens (tertiary/aromatic N) is 2. The third-order valence-corrected chi connectivity index (χ3v) is 8.78. The SMILES string of the molecule is CCC(=O)N1CCc2cc(Br)cc(S(=O)(=O)N3CCC[C@H](C(=O)Nc4ccc(NC(C)=O)cc4)C3)c21. The van der Waals surface area contributed by atoms with Gasteiger partial charge in [-0.15, -0.1) is 0 Å². The van der Waals surface area contributed by atoms with Crippen molar-refractivity contribution >= 4 is 60.7 Å². The Morgan fingerprint density at radius 2 is 1.72 bits per heavy atom. The van der Waals surface area contributed by atoms with Crippen molar-refractivity contribution in [2.75, 3.05) is 35.2 Å². The van der Waals surface area contributed by atoms with E-state index in [-0.39, 0.29) is 35.6 Å². The number of halogens is 1. The highest BCUT2D eigenvalue weighted by Crippen LogP contribution is 2.40. The van der Waals surface area contributed by atoms with Gasteiger partial charge in [0.1, 0.15) is 4.90 Å². The number of sulfonamides is 1. The number of fused-ring (bicyclic) bond motifs is 1. The van der Waals surface area contributed by atoms with Crippen LogP contribution in [0.15, 0.2) is 45.8 Å².